The molecule has 2 heterocycles. The number of carbonyl (C=O) groups is 3. The quantitative estimate of drug-likeness (QED) is 0.223. The topological polar surface area (TPSA) is 103 Å². The molecule has 0 bridgehead atoms. The van der Waals surface area contributed by atoms with E-state index in [-0.39, 0.29) is 29.8 Å². The normalized spacial score (nSPS) is 17.1. The fourth-order valence-electron chi connectivity index (χ4n) is 5.92. The summed E-state index contributed by atoms with van der Waals surface area (Å²) in [6.07, 6.45) is 3.59. The Morgan fingerprint density at radius 3 is 2.54 bits per heavy atom. The highest BCUT2D eigenvalue weighted by Crippen LogP contribution is 2.35. The van der Waals surface area contributed by atoms with Gasteiger partial charge in [0.15, 0.2) is 0 Å². The number of nitrogens with one attached hydrogen (secondary N) is 4. The van der Waals surface area contributed by atoms with Gasteiger partial charge >= 0.3 is 0 Å². The molecule has 4 N–H and O–H groups in total. The Balaban J connectivity index is 1.25. The summed E-state index contributed by atoms with van der Waals surface area (Å²) in [5.74, 6) is -0.608. The van der Waals surface area contributed by atoms with Crippen LogP contribution < -0.4 is 16.0 Å². The maximum atomic E-state index is 13.4. The molecule has 2 aliphatic rings. The van der Waals surface area contributed by atoms with E-state index in [2.05, 4.69) is 33.1 Å². The first-order valence-corrected chi connectivity index (χ1v) is 13.9. The van der Waals surface area contributed by atoms with Crippen LogP contribution in [-0.4, -0.2) is 22.7 Å². The van der Waals surface area contributed by atoms with Crippen LogP contribution in [0.2, 0.25) is 0 Å². The van der Waals surface area contributed by atoms with Gasteiger partial charge in [-0.25, -0.2) is 0 Å². The van der Waals surface area contributed by atoms with Crippen molar-refractivity contribution in [1.29, 1.82) is 0 Å². The average molecular weight is 545 g/mol. The smallest absolute Gasteiger partial charge is 0.256 e. The first kappa shape index (κ1) is 26.3. The third kappa shape index (κ3) is 4.95. The zero-order chi connectivity index (χ0) is 28.7. The van der Waals surface area contributed by atoms with Crippen LogP contribution in [0.3, 0.4) is 0 Å². The van der Waals surface area contributed by atoms with Crippen molar-refractivity contribution in [3.05, 3.63) is 123 Å². The summed E-state index contributed by atoms with van der Waals surface area (Å²) in [7, 11) is 0. The van der Waals surface area contributed by atoms with E-state index in [0.717, 1.165) is 29.7 Å². The van der Waals surface area contributed by atoms with E-state index >= 15 is 0 Å². The van der Waals surface area contributed by atoms with Gasteiger partial charge in [-0.05, 0) is 80.1 Å². The minimum absolute atomic E-state index is 0.0177. The molecule has 3 aromatic carbocycles. The lowest BCUT2D eigenvalue weighted by Crippen LogP contribution is -2.27. The summed E-state index contributed by atoms with van der Waals surface area (Å²) in [6, 6.07) is 23.0. The molecule has 2 atom stereocenters. The molecule has 0 saturated carbocycles. The van der Waals surface area contributed by atoms with Crippen LogP contribution in [0.1, 0.15) is 85.3 Å². The Hall–Kier alpha value is -4.91. The first-order chi connectivity index (χ1) is 19.8. The van der Waals surface area contributed by atoms with Crippen molar-refractivity contribution in [2.75, 3.05) is 5.32 Å². The van der Waals surface area contributed by atoms with Crippen molar-refractivity contribution in [1.82, 2.24) is 15.6 Å². The molecule has 1 aliphatic heterocycles. The van der Waals surface area contributed by atoms with Gasteiger partial charge in [0.25, 0.3) is 17.7 Å². The van der Waals surface area contributed by atoms with Gasteiger partial charge in [0.2, 0.25) is 0 Å². The molecule has 0 fully saturated rings. The molecule has 1 aromatic heterocycles. The number of fused-ring (bicyclic) bond motifs is 2. The van der Waals surface area contributed by atoms with E-state index in [1.165, 1.54) is 11.1 Å². The number of H-pyrrole nitrogens is 1. The second kappa shape index (κ2) is 10.6. The Morgan fingerprint density at radius 1 is 0.976 bits per heavy atom. The van der Waals surface area contributed by atoms with E-state index in [1.54, 1.807) is 24.3 Å². The molecule has 0 spiro atoms. The summed E-state index contributed by atoms with van der Waals surface area (Å²) in [5, 5.41) is 9.13. The highest BCUT2D eigenvalue weighted by atomic mass is 16.2. The van der Waals surface area contributed by atoms with Crippen LogP contribution in [0.15, 0.2) is 72.8 Å². The lowest BCUT2D eigenvalue weighted by Gasteiger charge is -2.15. The summed E-state index contributed by atoms with van der Waals surface area (Å²) >= 11 is 0. The lowest BCUT2D eigenvalue weighted by molar-refractivity contribution is -0.110. The molecule has 3 amide bonds. The highest BCUT2D eigenvalue weighted by Gasteiger charge is 2.29. The zero-order valence-corrected chi connectivity index (χ0v) is 23.3. The van der Waals surface area contributed by atoms with E-state index in [0.29, 0.717) is 33.6 Å². The number of aryl methyl sites for hydroxylation is 2. The molecule has 6 rings (SSSR count). The molecule has 0 radical (unpaired) electrons. The van der Waals surface area contributed by atoms with Gasteiger partial charge < -0.3 is 20.9 Å². The van der Waals surface area contributed by atoms with Crippen molar-refractivity contribution in [2.24, 2.45) is 0 Å². The van der Waals surface area contributed by atoms with Gasteiger partial charge in [-0.15, -0.1) is 0 Å². The number of anilines is 1. The van der Waals surface area contributed by atoms with Crippen molar-refractivity contribution in [2.45, 2.75) is 45.7 Å². The van der Waals surface area contributed by atoms with E-state index < -0.39 is 0 Å². The predicted molar refractivity (Wildman–Crippen MR) is 161 cm³/mol. The standard InChI is InChI=1S/C34H32N4O3/c1-19-30(35-21(3)31(19)34(41)38-28-15-13-23-11-7-8-12-25(23)28)18-27-26-17-24(14-16-29(26)37-33(27)40)32(39)36-20(2)22-9-5-4-6-10-22/h4-12,14,16-18,20,28,35H,13,15H2,1-3H3,(H,36,39)(H,37,40)(H,38,41)/b27-18-/t20?,28-/m1/s1. The minimum atomic E-state index is -0.254. The first-order valence-electron chi connectivity index (χ1n) is 13.9. The molecule has 7 nitrogen and oxygen atoms in total. The number of aromatic nitrogens is 1. The van der Waals surface area contributed by atoms with Crippen molar-refractivity contribution in [3.63, 3.8) is 0 Å². The third-order valence-electron chi connectivity index (χ3n) is 8.14. The molecule has 4 aromatic rings. The number of carbonyl (C=O) groups excluding carboxylic acids is 3. The molecule has 1 aliphatic carbocycles. The van der Waals surface area contributed by atoms with E-state index in [1.807, 2.05) is 63.2 Å². The molecule has 206 valence electrons. The SMILES string of the molecule is Cc1[nH]c(/C=C2\C(=O)Nc3ccc(C(=O)NC(C)c4ccccc4)cc32)c(C)c1C(=O)N[C@@H]1CCc2ccccc21. The van der Waals surface area contributed by atoms with E-state index in [9.17, 15) is 14.4 Å². The third-order valence-corrected chi connectivity index (χ3v) is 8.14. The van der Waals surface area contributed by atoms with Crippen molar-refractivity contribution in [3.8, 4) is 0 Å². The molecular weight excluding hydrogens is 512 g/mol. The largest absolute Gasteiger partial charge is 0.358 e. The number of benzene rings is 3. The van der Waals surface area contributed by atoms with Crippen LogP contribution in [-0.2, 0) is 11.2 Å². The number of aromatic amines is 1. The van der Waals surface area contributed by atoms with E-state index in [4.69, 9.17) is 0 Å². The van der Waals surface area contributed by atoms with Crippen LogP contribution in [0.5, 0.6) is 0 Å². The summed E-state index contributed by atoms with van der Waals surface area (Å²) in [6.45, 7) is 5.69. The molecule has 0 saturated heterocycles. The number of hydrogen-bond donors (Lipinski definition) is 4. The fourth-order valence-corrected chi connectivity index (χ4v) is 5.92. The van der Waals surface area contributed by atoms with Gasteiger partial charge in [0, 0.05) is 28.2 Å². The van der Waals surface area contributed by atoms with Gasteiger partial charge in [-0.3, -0.25) is 14.4 Å². The molecule has 41 heavy (non-hydrogen) atoms. The average Bonchev–Trinajstić information content (AvgIpc) is 3.61. The van der Waals surface area contributed by atoms with Crippen molar-refractivity contribution < 1.29 is 14.4 Å². The number of amides is 3. The van der Waals surface area contributed by atoms with Crippen LogP contribution in [0.25, 0.3) is 11.6 Å². The number of hydrogen-bond acceptors (Lipinski definition) is 3. The predicted octanol–water partition coefficient (Wildman–Crippen LogP) is 6.03. The highest BCUT2D eigenvalue weighted by molar-refractivity contribution is 6.35. The summed E-state index contributed by atoms with van der Waals surface area (Å²) in [5.41, 5.74) is 8.43. The monoisotopic (exact) mass is 544 g/mol. The fraction of sp³-hybridized carbons (Fsp3) is 0.206. The second-order valence-corrected chi connectivity index (χ2v) is 10.8. The summed E-state index contributed by atoms with van der Waals surface area (Å²) < 4.78 is 0. The van der Waals surface area contributed by atoms with Crippen molar-refractivity contribution >= 4 is 35.1 Å². The Labute approximate surface area is 239 Å². The lowest BCUT2D eigenvalue weighted by atomic mass is 10.0. The minimum Gasteiger partial charge on any atom is -0.358 e. The molecule has 7 heteroatoms. The second-order valence-electron chi connectivity index (χ2n) is 10.8. The Bertz CT molecular complexity index is 1720. The molecular formula is C34H32N4O3. The Morgan fingerprint density at radius 2 is 1.73 bits per heavy atom. The van der Waals surface area contributed by atoms with Gasteiger partial charge in [0.1, 0.15) is 0 Å². The van der Waals surface area contributed by atoms with Crippen LogP contribution >= 0.6 is 0 Å². The Kier molecular flexibility index (Phi) is 6.79. The van der Waals surface area contributed by atoms with Gasteiger partial charge in [0.05, 0.1) is 23.2 Å². The van der Waals surface area contributed by atoms with Gasteiger partial charge in [-0.2, -0.15) is 0 Å². The van der Waals surface area contributed by atoms with Crippen LogP contribution in [0, 0.1) is 13.8 Å². The van der Waals surface area contributed by atoms with Gasteiger partial charge in [-0.1, -0.05) is 54.6 Å². The zero-order valence-electron chi connectivity index (χ0n) is 23.3. The molecule has 1 unspecified atom stereocenters. The maximum Gasteiger partial charge on any atom is 0.256 e. The maximum absolute atomic E-state index is 13.4. The van der Waals surface area contributed by atoms with Crippen LogP contribution in [0.4, 0.5) is 5.69 Å². The number of rotatable bonds is 6. The summed E-state index contributed by atoms with van der Waals surface area (Å²) in [4.78, 5) is 42.8.